The molecule has 0 aliphatic rings. The van der Waals surface area contributed by atoms with E-state index in [0.717, 1.165) is 11.1 Å². The molecule has 3 amide bonds. The molecule has 1 rings (SSSR count). The first-order valence-electron chi connectivity index (χ1n) is 10.1. The first-order chi connectivity index (χ1) is 14.4. The second kappa shape index (κ2) is 11.3. The van der Waals surface area contributed by atoms with Gasteiger partial charge in [-0.2, -0.15) is 0 Å². The number of nitrogens with one attached hydrogen (secondary N) is 2. The van der Waals surface area contributed by atoms with E-state index in [9.17, 15) is 19.2 Å². The minimum Gasteiger partial charge on any atom is -0.468 e. The predicted molar refractivity (Wildman–Crippen MR) is 115 cm³/mol. The zero-order valence-electron chi connectivity index (χ0n) is 19.3. The van der Waals surface area contributed by atoms with Crippen LogP contribution in [0.1, 0.15) is 50.4 Å². The van der Waals surface area contributed by atoms with Gasteiger partial charge >= 0.3 is 12.1 Å². The minimum atomic E-state index is -0.984. The summed E-state index contributed by atoms with van der Waals surface area (Å²) in [7, 11) is 1.22. The van der Waals surface area contributed by atoms with Crippen molar-refractivity contribution in [2.45, 2.75) is 53.2 Å². The lowest BCUT2D eigenvalue weighted by molar-refractivity contribution is -0.143. The highest BCUT2D eigenvalue weighted by Gasteiger charge is 2.32. The Balaban J connectivity index is 3.14. The summed E-state index contributed by atoms with van der Waals surface area (Å²) in [4.78, 5) is 50.7. The Morgan fingerprint density at radius 2 is 1.71 bits per heavy atom. The molecule has 2 N–H and O–H groups in total. The lowest BCUT2D eigenvalue weighted by Gasteiger charge is -2.31. The third-order valence-corrected chi connectivity index (χ3v) is 4.58. The highest BCUT2D eigenvalue weighted by Crippen LogP contribution is 2.26. The average molecular weight is 436 g/mol. The summed E-state index contributed by atoms with van der Waals surface area (Å²) >= 11 is 0. The number of amides is 3. The molecule has 0 radical (unpaired) electrons. The van der Waals surface area contributed by atoms with E-state index in [-0.39, 0.29) is 19.6 Å². The van der Waals surface area contributed by atoms with Gasteiger partial charge in [-0.15, -0.1) is 0 Å². The topological polar surface area (TPSA) is 114 Å². The molecule has 0 aliphatic carbocycles. The first kappa shape index (κ1) is 25.9. The van der Waals surface area contributed by atoms with Gasteiger partial charge < -0.3 is 25.0 Å². The highest BCUT2D eigenvalue weighted by molar-refractivity contribution is 5.92. The van der Waals surface area contributed by atoms with E-state index in [1.165, 1.54) is 12.0 Å². The van der Waals surface area contributed by atoms with Crippen LogP contribution in [0.5, 0.6) is 0 Å². The summed E-state index contributed by atoms with van der Waals surface area (Å²) in [5, 5.41) is 4.95. The Hall–Kier alpha value is -3.10. The quantitative estimate of drug-likeness (QED) is 0.604. The van der Waals surface area contributed by atoms with Gasteiger partial charge in [0.05, 0.1) is 7.11 Å². The van der Waals surface area contributed by atoms with Crippen molar-refractivity contribution in [3.8, 4) is 0 Å². The number of carbonyl (C=O) groups excluding carboxylic acids is 4. The summed E-state index contributed by atoms with van der Waals surface area (Å²) in [6, 6.07) is 4.49. The molecule has 0 heterocycles. The van der Waals surface area contributed by atoms with Gasteiger partial charge in [0.15, 0.2) is 0 Å². The predicted octanol–water partition coefficient (Wildman–Crippen LogP) is 2.01. The van der Waals surface area contributed by atoms with Crippen LogP contribution in [0.3, 0.4) is 0 Å². The average Bonchev–Trinajstić information content (AvgIpc) is 2.69. The molecule has 1 unspecified atom stereocenters. The maximum Gasteiger partial charge on any atom is 0.408 e. The number of ether oxygens (including phenoxy) is 2. The van der Waals surface area contributed by atoms with Crippen LogP contribution in [-0.2, 0) is 23.9 Å². The standard InChI is InChI=1S/C22H33N3O6/c1-8-25(17(26)12-24-21(29)31-22(4,5)6)19(20(28)23-13-18(27)30-7)16-11-9-10-14(2)15(16)3/h9-11,19H,8,12-13H2,1-7H3,(H,23,28)(H,24,29). The van der Waals surface area contributed by atoms with Crippen molar-refractivity contribution < 1.29 is 28.7 Å². The summed E-state index contributed by atoms with van der Waals surface area (Å²) in [6.07, 6.45) is -0.727. The van der Waals surface area contributed by atoms with Crippen molar-refractivity contribution in [3.63, 3.8) is 0 Å². The third-order valence-electron chi connectivity index (χ3n) is 4.58. The SMILES string of the molecule is CCN(C(=O)CNC(=O)OC(C)(C)C)C(C(=O)NCC(=O)OC)c1cccc(C)c1C. The Morgan fingerprint density at radius 1 is 1.06 bits per heavy atom. The normalized spacial score (nSPS) is 11.8. The zero-order valence-corrected chi connectivity index (χ0v) is 19.3. The Kier molecular flexibility index (Phi) is 9.48. The number of hydrogen-bond acceptors (Lipinski definition) is 6. The van der Waals surface area contributed by atoms with Gasteiger partial charge in [-0.25, -0.2) is 4.79 Å². The molecule has 31 heavy (non-hydrogen) atoms. The van der Waals surface area contributed by atoms with Crippen molar-refractivity contribution in [1.29, 1.82) is 0 Å². The molecule has 172 valence electrons. The van der Waals surface area contributed by atoms with Gasteiger partial charge in [-0.1, -0.05) is 18.2 Å². The minimum absolute atomic E-state index is 0.207. The molecule has 0 bridgehead atoms. The molecule has 0 saturated heterocycles. The number of methoxy groups -OCH3 is 1. The van der Waals surface area contributed by atoms with Crippen molar-refractivity contribution in [2.24, 2.45) is 0 Å². The van der Waals surface area contributed by atoms with Crippen molar-refractivity contribution in [2.75, 3.05) is 26.7 Å². The van der Waals surface area contributed by atoms with Crippen LogP contribution in [-0.4, -0.2) is 61.1 Å². The van der Waals surface area contributed by atoms with E-state index >= 15 is 0 Å². The third kappa shape index (κ3) is 7.92. The van der Waals surface area contributed by atoms with Crippen LogP contribution in [0.4, 0.5) is 4.79 Å². The molecule has 0 saturated carbocycles. The van der Waals surface area contributed by atoms with Gasteiger partial charge in [0.2, 0.25) is 11.8 Å². The number of hydrogen-bond donors (Lipinski definition) is 2. The van der Waals surface area contributed by atoms with E-state index < -0.39 is 35.5 Å². The van der Waals surface area contributed by atoms with Gasteiger partial charge in [-0.3, -0.25) is 14.4 Å². The lowest BCUT2D eigenvalue weighted by Crippen LogP contribution is -2.48. The molecule has 1 aromatic rings. The number of nitrogens with zero attached hydrogens (tertiary/aromatic N) is 1. The number of rotatable bonds is 8. The fraction of sp³-hybridized carbons (Fsp3) is 0.545. The van der Waals surface area contributed by atoms with E-state index in [1.807, 2.05) is 19.9 Å². The number of carbonyl (C=O) groups is 4. The van der Waals surface area contributed by atoms with Crippen molar-refractivity contribution in [3.05, 3.63) is 34.9 Å². The number of likely N-dealkylation sites (N-methyl/N-ethyl adjacent to an activating group) is 1. The van der Waals surface area contributed by atoms with E-state index in [4.69, 9.17) is 4.74 Å². The van der Waals surface area contributed by atoms with E-state index in [2.05, 4.69) is 15.4 Å². The molecule has 0 spiro atoms. The molecule has 0 fully saturated rings. The van der Waals surface area contributed by atoms with E-state index in [1.54, 1.807) is 39.8 Å². The maximum atomic E-state index is 13.0. The number of esters is 1. The summed E-state index contributed by atoms with van der Waals surface area (Å²) in [5.41, 5.74) is 1.74. The van der Waals surface area contributed by atoms with Crippen LogP contribution >= 0.6 is 0 Å². The lowest BCUT2D eigenvalue weighted by atomic mass is 9.95. The fourth-order valence-electron chi connectivity index (χ4n) is 2.92. The highest BCUT2D eigenvalue weighted by atomic mass is 16.6. The molecular weight excluding hydrogens is 402 g/mol. The van der Waals surface area contributed by atoms with Crippen LogP contribution in [0.15, 0.2) is 18.2 Å². The van der Waals surface area contributed by atoms with Gasteiger partial charge in [0, 0.05) is 6.54 Å². The molecule has 9 heteroatoms. The smallest absolute Gasteiger partial charge is 0.408 e. The van der Waals surface area contributed by atoms with Gasteiger partial charge in [-0.05, 0) is 58.2 Å². The summed E-state index contributed by atoms with van der Waals surface area (Å²) in [6.45, 7) is 10.2. The van der Waals surface area contributed by atoms with E-state index in [0.29, 0.717) is 5.56 Å². The second-order valence-corrected chi connectivity index (χ2v) is 8.02. The summed E-state index contributed by atoms with van der Waals surface area (Å²) in [5.74, 6) is -1.59. The van der Waals surface area contributed by atoms with Crippen molar-refractivity contribution >= 4 is 23.9 Å². The van der Waals surface area contributed by atoms with Crippen LogP contribution < -0.4 is 10.6 Å². The van der Waals surface area contributed by atoms with Crippen LogP contribution in [0.2, 0.25) is 0 Å². The van der Waals surface area contributed by atoms with Gasteiger partial charge in [0.1, 0.15) is 24.7 Å². The van der Waals surface area contributed by atoms with Crippen molar-refractivity contribution in [1.82, 2.24) is 15.5 Å². The zero-order chi connectivity index (χ0) is 23.8. The Bertz CT molecular complexity index is 816. The number of benzene rings is 1. The second-order valence-electron chi connectivity index (χ2n) is 8.02. The van der Waals surface area contributed by atoms with Gasteiger partial charge in [0.25, 0.3) is 0 Å². The monoisotopic (exact) mass is 435 g/mol. The molecular formula is C22H33N3O6. The Labute approximate surface area is 183 Å². The fourth-order valence-corrected chi connectivity index (χ4v) is 2.92. The number of alkyl carbamates (subject to hydrolysis) is 1. The molecule has 1 atom stereocenters. The molecule has 0 aliphatic heterocycles. The molecule has 0 aromatic heterocycles. The van der Waals surface area contributed by atoms with Crippen LogP contribution in [0.25, 0.3) is 0 Å². The Morgan fingerprint density at radius 3 is 2.26 bits per heavy atom. The molecule has 9 nitrogen and oxygen atoms in total. The molecule has 1 aromatic carbocycles. The maximum absolute atomic E-state index is 13.0. The number of aryl methyl sites for hydroxylation is 1. The largest absolute Gasteiger partial charge is 0.468 e. The summed E-state index contributed by atoms with van der Waals surface area (Å²) < 4.78 is 9.73. The first-order valence-corrected chi connectivity index (χ1v) is 10.1. The van der Waals surface area contributed by atoms with Crippen LogP contribution in [0, 0.1) is 13.8 Å².